The minimum atomic E-state index is 0.585. The highest BCUT2D eigenvalue weighted by molar-refractivity contribution is 9.10. The molecule has 3 rings (SSSR count). The number of para-hydroxylation sites is 1. The smallest absolute Gasteiger partial charge is 0.178 e. The molecule has 5 heteroatoms. The fraction of sp³-hybridized carbons (Fsp3) is 0.133. The molecule has 0 radical (unpaired) electrons. The summed E-state index contributed by atoms with van der Waals surface area (Å²) in [5.41, 5.74) is 2.12. The third-order valence-corrected chi connectivity index (χ3v) is 3.88. The van der Waals surface area contributed by atoms with Crippen LogP contribution in [0.1, 0.15) is 0 Å². The van der Waals surface area contributed by atoms with Crippen LogP contribution in [0.3, 0.4) is 0 Å². The summed E-state index contributed by atoms with van der Waals surface area (Å²) in [6.45, 7) is 1.30. The van der Waals surface area contributed by atoms with Gasteiger partial charge in [-0.2, -0.15) is 0 Å². The Morgan fingerprint density at radius 2 is 1.95 bits per heavy atom. The van der Waals surface area contributed by atoms with E-state index in [0.29, 0.717) is 6.61 Å². The van der Waals surface area contributed by atoms with Gasteiger partial charge in [-0.05, 0) is 42.5 Å². The zero-order chi connectivity index (χ0) is 13.9. The van der Waals surface area contributed by atoms with Gasteiger partial charge in [0.05, 0.1) is 17.6 Å². The Morgan fingerprint density at radius 3 is 2.75 bits per heavy atom. The minimum Gasteiger partial charge on any atom is -0.492 e. The molecule has 102 valence electrons. The third-order valence-electron chi connectivity index (χ3n) is 3.06. The van der Waals surface area contributed by atoms with Gasteiger partial charge in [0.1, 0.15) is 12.4 Å². The van der Waals surface area contributed by atoms with Gasteiger partial charge in [0.15, 0.2) is 4.77 Å². The maximum atomic E-state index is 5.72. The molecule has 20 heavy (non-hydrogen) atoms. The molecule has 0 atom stereocenters. The molecule has 0 bridgehead atoms. The Labute approximate surface area is 130 Å². The number of nitrogens with zero attached hydrogens (tertiary/aromatic N) is 1. The fourth-order valence-corrected chi connectivity index (χ4v) is 2.79. The number of nitrogens with one attached hydrogen (secondary N) is 1. The zero-order valence-electron chi connectivity index (χ0n) is 10.7. The molecule has 3 aromatic rings. The molecule has 0 aliphatic rings. The number of H-pyrrole nitrogens is 1. The summed E-state index contributed by atoms with van der Waals surface area (Å²) in [5.74, 6) is 0.876. The SMILES string of the molecule is S=c1[nH]c2cc(Br)ccc2n1CCOc1ccccc1. The predicted molar refractivity (Wildman–Crippen MR) is 86.8 cm³/mol. The van der Waals surface area contributed by atoms with Crippen molar-refractivity contribution in [2.24, 2.45) is 0 Å². The molecule has 0 saturated heterocycles. The van der Waals surface area contributed by atoms with Gasteiger partial charge in [-0.15, -0.1) is 0 Å². The van der Waals surface area contributed by atoms with E-state index in [-0.39, 0.29) is 0 Å². The van der Waals surface area contributed by atoms with Crippen molar-refractivity contribution < 1.29 is 4.74 Å². The van der Waals surface area contributed by atoms with Crippen LogP contribution in [-0.2, 0) is 6.54 Å². The molecular weight excluding hydrogens is 336 g/mol. The molecule has 0 amide bonds. The van der Waals surface area contributed by atoms with Gasteiger partial charge in [0, 0.05) is 4.47 Å². The van der Waals surface area contributed by atoms with Crippen LogP contribution in [0.2, 0.25) is 0 Å². The van der Waals surface area contributed by atoms with Crippen molar-refractivity contribution in [3.63, 3.8) is 0 Å². The van der Waals surface area contributed by atoms with E-state index in [1.165, 1.54) is 0 Å². The first-order valence-corrected chi connectivity index (χ1v) is 7.50. The van der Waals surface area contributed by atoms with Crippen molar-refractivity contribution in [1.82, 2.24) is 9.55 Å². The van der Waals surface area contributed by atoms with Gasteiger partial charge in [0.25, 0.3) is 0 Å². The van der Waals surface area contributed by atoms with Gasteiger partial charge in [0.2, 0.25) is 0 Å². The molecule has 0 saturated carbocycles. The number of imidazole rings is 1. The number of hydrogen-bond acceptors (Lipinski definition) is 2. The topological polar surface area (TPSA) is 29.9 Å². The van der Waals surface area contributed by atoms with Crippen LogP contribution in [0, 0.1) is 4.77 Å². The Bertz CT molecular complexity index is 779. The first kappa shape index (κ1) is 13.4. The van der Waals surface area contributed by atoms with Crippen LogP contribution in [-0.4, -0.2) is 16.2 Å². The lowest BCUT2D eigenvalue weighted by Crippen LogP contribution is -2.08. The number of fused-ring (bicyclic) bond motifs is 1. The second-order valence-electron chi connectivity index (χ2n) is 4.40. The molecule has 0 unspecified atom stereocenters. The summed E-state index contributed by atoms with van der Waals surface area (Å²) in [4.78, 5) is 3.21. The molecule has 0 spiro atoms. The second-order valence-corrected chi connectivity index (χ2v) is 5.71. The van der Waals surface area contributed by atoms with Crippen LogP contribution >= 0.6 is 28.1 Å². The molecule has 0 aliphatic carbocycles. The second kappa shape index (κ2) is 5.81. The van der Waals surface area contributed by atoms with Crippen molar-refractivity contribution >= 4 is 39.2 Å². The number of halogens is 1. The van der Waals surface area contributed by atoms with Crippen molar-refractivity contribution in [2.45, 2.75) is 6.54 Å². The lowest BCUT2D eigenvalue weighted by Gasteiger charge is -2.07. The average Bonchev–Trinajstić information content (AvgIpc) is 2.75. The summed E-state index contributed by atoms with van der Waals surface area (Å²) in [6, 6.07) is 15.9. The van der Waals surface area contributed by atoms with E-state index in [9.17, 15) is 0 Å². The molecule has 1 heterocycles. The number of benzene rings is 2. The fourth-order valence-electron chi connectivity index (χ4n) is 2.13. The number of aromatic nitrogens is 2. The van der Waals surface area contributed by atoms with Gasteiger partial charge >= 0.3 is 0 Å². The number of rotatable bonds is 4. The normalized spacial score (nSPS) is 10.8. The van der Waals surface area contributed by atoms with Crippen molar-refractivity contribution in [3.8, 4) is 5.75 Å². The van der Waals surface area contributed by atoms with E-state index >= 15 is 0 Å². The first-order chi connectivity index (χ1) is 9.74. The summed E-state index contributed by atoms with van der Waals surface area (Å²) in [7, 11) is 0. The van der Waals surface area contributed by atoms with E-state index < -0.39 is 0 Å². The van der Waals surface area contributed by atoms with E-state index in [1.54, 1.807) is 0 Å². The molecule has 2 aromatic carbocycles. The maximum absolute atomic E-state index is 5.72. The minimum absolute atomic E-state index is 0.585. The van der Waals surface area contributed by atoms with E-state index in [0.717, 1.165) is 32.6 Å². The molecule has 3 nitrogen and oxygen atoms in total. The van der Waals surface area contributed by atoms with Gasteiger partial charge in [-0.3, -0.25) is 0 Å². The van der Waals surface area contributed by atoms with Crippen molar-refractivity contribution in [3.05, 3.63) is 57.8 Å². The lowest BCUT2D eigenvalue weighted by molar-refractivity contribution is 0.299. The van der Waals surface area contributed by atoms with Crippen LogP contribution < -0.4 is 4.74 Å². The predicted octanol–water partition coefficient (Wildman–Crippen LogP) is 4.54. The van der Waals surface area contributed by atoms with E-state index in [4.69, 9.17) is 17.0 Å². The quantitative estimate of drug-likeness (QED) is 0.701. The number of aromatic amines is 1. The van der Waals surface area contributed by atoms with Gasteiger partial charge < -0.3 is 14.3 Å². The van der Waals surface area contributed by atoms with Crippen LogP contribution in [0.4, 0.5) is 0 Å². The molecular formula is C15H13BrN2OS. The van der Waals surface area contributed by atoms with Crippen LogP contribution in [0.15, 0.2) is 53.0 Å². The van der Waals surface area contributed by atoms with Crippen LogP contribution in [0.25, 0.3) is 11.0 Å². The maximum Gasteiger partial charge on any atom is 0.178 e. The Balaban J connectivity index is 1.78. The molecule has 1 N–H and O–H groups in total. The summed E-state index contributed by atoms with van der Waals surface area (Å²) >= 11 is 8.82. The summed E-state index contributed by atoms with van der Waals surface area (Å²) in [6.07, 6.45) is 0. The molecule has 0 aliphatic heterocycles. The van der Waals surface area contributed by atoms with E-state index in [1.807, 2.05) is 48.5 Å². The monoisotopic (exact) mass is 348 g/mol. The highest BCUT2D eigenvalue weighted by Gasteiger charge is 2.04. The first-order valence-electron chi connectivity index (χ1n) is 6.30. The zero-order valence-corrected chi connectivity index (χ0v) is 13.1. The highest BCUT2D eigenvalue weighted by atomic mass is 79.9. The highest BCUT2D eigenvalue weighted by Crippen LogP contribution is 2.19. The summed E-state index contributed by atoms with van der Waals surface area (Å²) < 4.78 is 9.53. The van der Waals surface area contributed by atoms with Crippen LogP contribution in [0.5, 0.6) is 5.75 Å². The molecule has 1 aromatic heterocycles. The van der Waals surface area contributed by atoms with Crippen molar-refractivity contribution in [2.75, 3.05) is 6.61 Å². The number of ether oxygens (including phenoxy) is 1. The summed E-state index contributed by atoms with van der Waals surface area (Å²) in [5, 5.41) is 0. The number of hydrogen-bond donors (Lipinski definition) is 1. The third kappa shape index (κ3) is 2.78. The largest absolute Gasteiger partial charge is 0.492 e. The Kier molecular flexibility index (Phi) is 3.89. The standard InChI is InChI=1S/C15H13BrN2OS/c16-11-6-7-14-13(10-11)17-15(20)18(14)8-9-19-12-4-2-1-3-5-12/h1-7,10H,8-9H2,(H,17,20). The van der Waals surface area contributed by atoms with Crippen molar-refractivity contribution in [1.29, 1.82) is 0 Å². The average molecular weight is 349 g/mol. The van der Waals surface area contributed by atoms with Gasteiger partial charge in [-0.1, -0.05) is 34.1 Å². The lowest BCUT2D eigenvalue weighted by atomic mass is 10.3. The van der Waals surface area contributed by atoms with E-state index in [2.05, 4.69) is 25.5 Å². The molecule has 0 fully saturated rings. The Morgan fingerprint density at radius 1 is 1.15 bits per heavy atom. The van der Waals surface area contributed by atoms with Gasteiger partial charge in [-0.25, -0.2) is 0 Å². The Hall–Kier alpha value is -1.59.